The topological polar surface area (TPSA) is 240 Å². The van der Waals surface area contributed by atoms with Gasteiger partial charge in [-0.05, 0) is 227 Å². The number of amides is 4. The molecule has 0 spiro atoms. The number of fused-ring (bicyclic) bond motifs is 4. The number of carbonyl (C=O) groups is 4. The molecule has 0 saturated carbocycles. The zero-order valence-electron chi connectivity index (χ0n) is 73.0. The lowest BCUT2D eigenvalue weighted by Crippen LogP contribution is -2.19. The Morgan fingerprint density at radius 2 is 0.681 bits per heavy atom. The van der Waals surface area contributed by atoms with Crippen LogP contribution in [0.3, 0.4) is 0 Å². The summed E-state index contributed by atoms with van der Waals surface area (Å²) in [5.74, 6) is -1.51. The third-order valence-corrected chi connectivity index (χ3v) is 22.6. The van der Waals surface area contributed by atoms with Gasteiger partial charge in [-0.25, -0.2) is 28.7 Å². The largest absolute Gasteiger partial charge is 0.417 e. The molecule has 11 aromatic heterocycles. The van der Waals surface area contributed by atoms with Crippen LogP contribution in [0.5, 0.6) is 0 Å². The van der Waals surface area contributed by atoms with Gasteiger partial charge in [-0.3, -0.25) is 51.8 Å². The van der Waals surface area contributed by atoms with Crippen molar-refractivity contribution in [3.05, 3.63) is 426 Å². The average Bonchev–Trinajstić information content (AvgIpc) is 1.72. The van der Waals surface area contributed by atoms with Gasteiger partial charge in [-0.15, -0.1) is 0 Å². The van der Waals surface area contributed by atoms with Crippen molar-refractivity contribution in [3.8, 4) is 90.3 Å². The Morgan fingerprint density at radius 1 is 0.311 bits per heavy atom. The zero-order chi connectivity index (χ0) is 94.3. The molecule has 0 saturated heterocycles. The Morgan fingerprint density at radius 3 is 1.07 bits per heavy atom. The Labute approximate surface area is 767 Å². The third kappa shape index (κ3) is 19.6. The Balaban J connectivity index is 0.000000125. The van der Waals surface area contributed by atoms with E-state index in [4.69, 9.17) is 0 Å². The Bertz CT molecular complexity index is 7580. The average molecular weight is 1810 g/mol. The number of aromatic nitrogens is 12. The first-order valence-electron chi connectivity index (χ1n) is 42.4. The molecule has 4 amide bonds. The molecule has 135 heavy (non-hydrogen) atoms. The number of aromatic amines is 1. The highest BCUT2D eigenvalue weighted by molar-refractivity contribution is 6.09. The SMILES string of the molecule is Cc1ccc(NC(=O)c2cc(-c3cccn4c(-c5cccc(F)c5F)ncc34)ccc2C)cc1.Cc1ccc(NC(=O)c2cc(-c3cccn4c(-c5ccccn5)ncc34)ccc2C(F)(F)F)cc1.Cc1ccc(NC(=O)c2cc(-c3cccn4c(-c5cccnc5)ncc34)ccc2C(F)(F)F)cc1.Cc1ccc(NC(=O)c2cc(-c3cccn4c(-c5ccn[nH]5)ncc34)ccc2C)cc1. The number of rotatable bonds is 16. The summed E-state index contributed by atoms with van der Waals surface area (Å²) in [5.41, 5.74) is 17.9. The molecule has 11 heterocycles. The van der Waals surface area contributed by atoms with Crippen LogP contribution in [0.2, 0.25) is 0 Å². The fraction of sp³-hybridized carbons (Fsp3) is 0.0748. The number of benzene rings is 9. The minimum absolute atomic E-state index is 0.0826. The number of hydrogen-bond donors (Lipinski definition) is 5. The summed E-state index contributed by atoms with van der Waals surface area (Å²) in [6, 6.07) is 77.9. The van der Waals surface area contributed by atoms with Gasteiger partial charge in [0.05, 0.1) is 74.7 Å². The number of imidazole rings is 4. The lowest BCUT2D eigenvalue weighted by atomic mass is 9.98. The summed E-state index contributed by atoms with van der Waals surface area (Å²) in [7, 11) is 0. The summed E-state index contributed by atoms with van der Waals surface area (Å²) >= 11 is 0. The molecule has 5 N–H and O–H groups in total. The highest BCUT2D eigenvalue weighted by atomic mass is 19.4. The molecule has 20 rings (SSSR count). The lowest BCUT2D eigenvalue weighted by Gasteiger charge is -2.15. The first-order valence-corrected chi connectivity index (χ1v) is 42.4. The van der Waals surface area contributed by atoms with Gasteiger partial charge in [-0.2, -0.15) is 31.4 Å². The van der Waals surface area contributed by atoms with Crippen LogP contribution < -0.4 is 21.3 Å². The fourth-order valence-electron chi connectivity index (χ4n) is 15.6. The summed E-state index contributed by atoms with van der Waals surface area (Å²) in [6.07, 6.45) is 11.5. The summed E-state index contributed by atoms with van der Waals surface area (Å²) < 4.78 is 118. The number of pyridine rings is 6. The van der Waals surface area contributed by atoms with E-state index in [9.17, 15) is 54.3 Å². The van der Waals surface area contributed by atoms with E-state index in [0.29, 0.717) is 79.0 Å². The maximum Gasteiger partial charge on any atom is 0.417 e. The van der Waals surface area contributed by atoms with Crippen molar-refractivity contribution < 1.29 is 54.3 Å². The van der Waals surface area contributed by atoms with Crippen LogP contribution in [0.1, 0.15) is 85.9 Å². The molecule has 0 atom stereocenters. The van der Waals surface area contributed by atoms with Crippen LogP contribution in [0.4, 0.5) is 57.9 Å². The van der Waals surface area contributed by atoms with Gasteiger partial charge in [0, 0.05) is 111 Å². The number of hydrogen-bond acceptors (Lipinski definition) is 11. The quantitative estimate of drug-likeness (QED) is 0.0570. The molecule has 0 aliphatic carbocycles. The number of nitrogens with one attached hydrogen (secondary N) is 5. The van der Waals surface area contributed by atoms with Crippen LogP contribution in [0, 0.1) is 53.2 Å². The molecule has 0 aliphatic rings. The monoisotopic (exact) mass is 1800 g/mol. The molecule has 0 radical (unpaired) electrons. The van der Waals surface area contributed by atoms with E-state index in [2.05, 4.69) is 61.4 Å². The second kappa shape index (κ2) is 38.3. The van der Waals surface area contributed by atoms with Crippen LogP contribution >= 0.6 is 0 Å². The van der Waals surface area contributed by atoms with Crippen LogP contribution in [-0.4, -0.2) is 81.3 Å². The molecular formula is C107H80F8N16O4. The van der Waals surface area contributed by atoms with Crippen LogP contribution in [0.25, 0.3) is 112 Å². The predicted molar refractivity (Wildman–Crippen MR) is 508 cm³/mol. The fourth-order valence-corrected chi connectivity index (χ4v) is 15.6. The predicted octanol–water partition coefficient (Wildman–Crippen LogP) is 25.4. The Kier molecular flexibility index (Phi) is 25.4. The van der Waals surface area contributed by atoms with Crippen molar-refractivity contribution in [2.24, 2.45) is 0 Å². The van der Waals surface area contributed by atoms with Crippen molar-refractivity contribution in [2.75, 3.05) is 21.3 Å². The highest BCUT2D eigenvalue weighted by Crippen LogP contribution is 2.41. The molecule has 20 aromatic rings. The van der Waals surface area contributed by atoms with E-state index in [0.717, 1.165) is 113 Å². The van der Waals surface area contributed by atoms with Crippen molar-refractivity contribution in [1.82, 2.24) is 57.7 Å². The van der Waals surface area contributed by atoms with Gasteiger partial charge in [-0.1, -0.05) is 144 Å². The number of anilines is 4. The van der Waals surface area contributed by atoms with Gasteiger partial charge in [0.15, 0.2) is 23.3 Å². The summed E-state index contributed by atoms with van der Waals surface area (Å²) in [4.78, 5) is 78.3. The van der Waals surface area contributed by atoms with Crippen molar-refractivity contribution >= 4 is 68.4 Å². The van der Waals surface area contributed by atoms with E-state index in [-0.39, 0.29) is 17.4 Å². The maximum atomic E-state index is 14.4. The number of alkyl halides is 6. The normalized spacial score (nSPS) is 11.3. The number of aryl methyl sites for hydroxylation is 6. The minimum atomic E-state index is -4.69. The number of carbonyl (C=O) groups excluding carboxylic acids is 4. The van der Waals surface area contributed by atoms with Crippen molar-refractivity contribution in [2.45, 2.75) is 53.9 Å². The van der Waals surface area contributed by atoms with Gasteiger partial charge < -0.3 is 21.3 Å². The molecular weight excluding hydrogens is 1730 g/mol. The lowest BCUT2D eigenvalue weighted by molar-refractivity contribution is -0.138. The number of halogens is 8. The van der Waals surface area contributed by atoms with E-state index in [1.165, 1.54) is 36.4 Å². The van der Waals surface area contributed by atoms with Crippen LogP contribution in [0.15, 0.2) is 347 Å². The van der Waals surface area contributed by atoms with Gasteiger partial charge in [0.2, 0.25) is 0 Å². The van der Waals surface area contributed by atoms with E-state index in [1.807, 2.05) is 213 Å². The molecule has 0 bridgehead atoms. The molecule has 0 unspecified atom stereocenters. The van der Waals surface area contributed by atoms with Gasteiger partial charge in [0.25, 0.3) is 23.6 Å². The number of H-pyrrole nitrogens is 1. The van der Waals surface area contributed by atoms with E-state index >= 15 is 0 Å². The standard InChI is InChI=1S/C28H21F2N3O.2C27H19F3N4O.C25H21N5O/c1-17-8-12-20(13-9-17)32-28(34)23-15-19(11-10-18(23)2)21-6-4-14-33-25(21)16-31-27(33)22-5-3-7-24(29)26(22)30;1-17-6-9-20(10-7-17)33-26(35)22-14-18(8-11-23(22)27(28,29)30)21-5-3-13-34-24(21)16-32-25(34)19-4-2-12-31-15-19;1-17-7-10-19(11-8-17)33-26(35)21-15-18(9-12-22(21)27(28,29)30)20-5-4-14-34-24(20)16-32-25(34)23-6-2-3-13-31-23;1-16-5-9-19(10-6-16)28-25(31)21-14-18(8-7-17(21)2)20-4-3-13-30-23(20)15-26-24(30)22-11-12-27-29-22/h3-16H,1-2H3,(H,32,34);2*2-16H,1H3,(H,33,35);3-15H,1-2H3,(H,27,29)(H,28,31). The van der Waals surface area contributed by atoms with Crippen molar-refractivity contribution in [3.63, 3.8) is 0 Å². The minimum Gasteiger partial charge on any atom is -0.322 e. The zero-order valence-corrected chi connectivity index (χ0v) is 73.0. The highest BCUT2D eigenvalue weighted by Gasteiger charge is 2.38. The smallest absolute Gasteiger partial charge is 0.322 e. The van der Waals surface area contributed by atoms with Crippen molar-refractivity contribution in [1.29, 1.82) is 0 Å². The van der Waals surface area contributed by atoms with Crippen LogP contribution in [-0.2, 0) is 12.4 Å². The van der Waals surface area contributed by atoms with Gasteiger partial charge in [0.1, 0.15) is 23.0 Å². The molecule has 20 nitrogen and oxygen atoms in total. The molecule has 9 aromatic carbocycles. The molecule has 668 valence electrons. The third-order valence-electron chi connectivity index (χ3n) is 22.6. The first kappa shape index (κ1) is 89.5. The number of nitrogens with zero attached hydrogens (tertiary/aromatic N) is 11. The molecule has 28 heteroatoms. The van der Waals surface area contributed by atoms with Gasteiger partial charge >= 0.3 is 12.4 Å². The molecule has 0 fully saturated rings. The second-order valence-electron chi connectivity index (χ2n) is 31.9. The summed E-state index contributed by atoms with van der Waals surface area (Å²) in [6.45, 7) is 11.6. The Hall–Kier alpha value is -17.4. The molecule has 0 aliphatic heterocycles. The van der Waals surface area contributed by atoms with E-state index in [1.54, 1.807) is 139 Å². The maximum absolute atomic E-state index is 14.4. The second-order valence-corrected chi connectivity index (χ2v) is 31.9. The summed E-state index contributed by atoms with van der Waals surface area (Å²) in [5, 5.41) is 18.1. The first-order chi connectivity index (χ1) is 65.1. The van der Waals surface area contributed by atoms with E-state index < -0.39 is 58.1 Å².